The first-order valence-corrected chi connectivity index (χ1v) is 22.3. The number of hydrogen-bond acceptors (Lipinski definition) is 4. The Morgan fingerprint density at radius 3 is 1.26 bits per heavy atom. The van der Waals surface area contributed by atoms with Crippen molar-refractivity contribution in [1.82, 2.24) is 0 Å². The number of allylic oxidation sites excluding steroid dienone is 2. The van der Waals surface area contributed by atoms with Crippen molar-refractivity contribution in [3.05, 3.63) is 173 Å². The van der Waals surface area contributed by atoms with Crippen molar-refractivity contribution in [3.8, 4) is 5.75 Å². The lowest BCUT2D eigenvalue weighted by molar-refractivity contribution is 0.269. The zero-order chi connectivity index (χ0) is 43.9. The second kappa shape index (κ2) is 14.8. The summed E-state index contributed by atoms with van der Waals surface area (Å²) in [5, 5.41) is 2.19. The quantitative estimate of drug-likeness (QED) is 0.167. The fourth-order valence-electron chi connectivity index (χ4n) is 9.08. The van der Waals surface area contributed by atoms with Crippen LogP contribution in [0.1, 0.15) is 117 Å². The summed E-state index contributed by atoms with van der Waals surface area (Å²) in [6.45, 7) is 27.2. The van der Waals surface area contributed by atoms with Gasteiger partial charge in [0.15, 0.2) is 0 Å². The average molecular weight is 819 g/mol. The van der Waals surface area contributed by atoms with Crippen LogP contribution in [0.4, 0.5) is 34.1 Å². The highest BCUT2D eigenvalue weighted by Gasteiger charge is 2.39. The highest BCUT2D eigenvalue weighted by Crippen LogP contribution is 2.55. The van der Waals surface area contributed by atoms with Crippen LogP contribution in [0.25, 0.3) is 21.9 Å². The number of rotatable bonds is 6. The molecule has 4 nitrogen and oxygen atoms in total. The Bertz CT molecular complexity index is 2710. The molecule has 0 N–H and O–H groups in total. The number of benzene rings is 6. The Kier molecular flexibility index (Phi) is 9.89. The topological polar surface area (TPSA) is 28.9 Å². The van der Waals surface area contributed by atoms with Crippen LogP contribution < -0.4 is 14.5 Å². The average Bonchev–Trinajstić information content (AvgIpc) is 3.79. The van der Waals surface area contributed by atoms with Gasteiger partial charge in [0.25, 0.3) is 0 Å². The third-order valence-corrected chi connectivity index (χ3v) is 12.9. The van der Waals surface area contributed by atoms with E-state index in [0.29, 0.717) is 0 Å². The molecule has 0 spiro atoms. The molecule has 316 valence electrons. The molecule has 7 aromatic rings. The maximum atomic E-state index is 7.09. The second-order valence-electron chi connectivity index (χ2n) is 21.5. The molecule has 0 amide bonds. The van der Waals surface area contributed by atoms with Gasteiger partial charge >= 0.3 is 0 Å². The van der Waals surface area contributed by atoms with Gasteiger partial charge in [0.1, 0.15) is 23.0 Å². The third kappa shape index (κ3) is 7.52. The van der Waals surface area contributed by atoms with E-state index in [1.54, 1.807) is 0 Å². The molecule has 0 radical (unpaired) electrons. The lowest BCUT2D eigenvalue weighted by atomic mass is 9.86. The molecule has 2 heterocycles. The number of fused-ring (bicyclic) bond motifs is 7. The van der Waals surface area contributed by atoms with Crippen LogP contribution in [0, 0.1) is 0 Å². The number of hydrogen-bond donors (Lipinski definition) is 0. The normalized spacial score (nSPS) is 16.4. The van der Waals surface area contributed by atoms with Gasteiger partial charge in [0, 0.05) is 62.8 Å². The van der Waals surface area contributed by atoms with E-state index in [-0.39, 0.29) is 33.7 Å². The fraction of sp³-hybridized carbons (Fsp3) is 0.310. The Balaban J connectivity index is 1.25. The molecule has 62 heavy (non-hydrogen) atoms. The van der Waals surface area contributed by atoms with Gasteiger partial charge in [-0.15, -0.1) is 0 Å². The Hall–Kier alpha value is -6.00. The second-order valence-corrected chi connectivity index (χ2v) is 21.5. The Morgan fingerprint density at radius 2 is 0.823 bits per heavy atom. The Morgan fingerprint density at radius 1 is 0.419 bits per heavy atom. The molecule has 1 aliphatic carbocycles. The first kappa shape index (κ1) is 41.4. The standard InChI is InChI=1S/C58H62N2O2/c1-55(2,3)37-17-25-41(26-18-37)59(42-27-19-38(20-28-42)56(4,5)6)45-33-34-47-50(35-45)61-51-36-48(54-53(52(47)51)46-15-13-14-16-49(46)62-54)60(43-29-21-39(22-30-43)57(7,8)9)44-31-23-40(24-32-44)58(10,11)12/h13-36,46,49H,1-12H3. The van der Waals surface area contributed by atoms with Gasteiger partial charge in [0.05, 0.1) is 5.69 Å². The molecule has 0 saturated heterocycles. The van der Waals surface area contributed by atoms with Crippen molar-refractivity contribution < 1.29 is 9.15 Å². The van der Waals surface area contributed by atoms with E-state index in [1.165, 1.54) is 27.8 Å². The summed E-state index contributed by atoms with van der Waals surface area (Å²) in [6, 6.07) is 45.0. The zero-order valence-electron chi connectivity index (χ0n) is 38.7. The van der Waals surface area contributed by atoms with Crippen LogP contribution in [-0.2, 0) is 21.7 Å². The molecule has 0 bridgehead atoms. The molecule has 9 rings (SSSR count). The van der Waals surface area contributed by atoms with Crippen molar-refractivity contribution in [2.75, 3.05) is 9.80 Å². The highest BCUT2D eigenvalue weighted by molar-refractivity contribution is 6.11. The van der Waals surface area contributed by atoms with Crippen LogP contribution >= 0.6 is 0 Å². The third-order valence-electron chi connectivity index (χ3n) is 12.9. The summed E-state index contributed by atoms with van der Waals surface area (Å²) in [4.78, 5) is 4.70. The number of furan rings is 1. The Labute approximate surface area is 369 Å². The molecule has 1 aromatic heterocycles. The molecule has 2 unspecified atom stereocenters. The van der Waals surface area contributed by atoms with E-state index in [9.17, 15) is 0 Å². The SMILES string of the molecule is CC(C)(C)c1ccc(N(c2ccc(C(C)(C)C)cc2)c2ccc3c(c2)oc2cc(N(c4ccc(C(C)(C)C)cc4)c4ccc(C(C)(C)C)cc4)c4c(c23)C2C=CC=CC2O4)cc1. The van der Waals surface area contributed by atoms with Crippen LogP contribution in [-0.4, -0.2) is 6.10 Å². The molecular weight excluding hydrogens is 757 g/mol. The number of ether oxygens (including phenoxy) is 1. The van der Waals surface area contributed by atoms with Crippen molar-refractivity contribution >= 4 is 56.1 Å². The maximum Gasteiger partial charge on any atom is 0.149 e. The van der Waals surface area contributed by atoms with Gasteiger partial charge in [-0.3, -0.25) is 0 Å². The van der Waals surface area contributed by atoms with Crippen molar-refractivity contribution in [2.45, 2.75) is 117 Å². The summed E-state index contributed by atoms with van der Waals surface area (Å²) >= 11 is 0. The number of nitrogens with zero attached hydrogens (tertiary/aromatic N) is 2. The van der Waals surface area contributed by atoms with Gasteiger partial charge in [-0.1, -0.05) is 150 Å². The lowest BCUT2D eigenvalue weighted by Gasteiger charge is -2.29. The van der Waals surface area contributed by atoms with Gasteiger partial charge in [-0.2, -0.15) is 0 Å². The molecule has 6 aromatic carbocycles. The molecule has 2 aliphatic rings. The van der Waals surface area contributed by atoms with Crippen molar-refractivity contribution in [3.63, 3.8) is 0 Å². The van der Waals surface area contributed by atoms with Crippen molar-refractivity contribution in [2.24, 2.45) is 0 Å². The maximum absolute atomic E-state index is 7.09. The first-order chi connectivity index (χ1) is 29.3. The van der Waals surface area contributed by atoms with Crippen molar-refractivity contribution in [1.29, 1.82) is 0 Å². The predicted molar refractivity (Wildman–Crippen MR) is 263 cm³/mol. The van der Waals surface area contributed by atoms with E-state index in [2.05, 4.69) is 239 Å². The summed E-state index contributed by atoms with van der Waals surface area (Å²) in [7, 11) is 0. The minimum absolute atomic E-state index is 0.0316. The predicted octanol–water partition coefficient (Wildman–Crippen LogP) is 16.7. The summed E-state index contributed by atoms with van der Waals surface area (Å²) in [5.41, 5.74) is 14.5. The monoisotopic (exact) mass is 818 g/mol. The number of anilines is 6. The van der Waals surface area contributed by atoms with Crippen LogP contribution in [0.15, 0.2) is 150 Å². The molecule has 0 saturated carbocycles. The van der Waals surface area contributed by atoms with Gasteiger partial charge < -0.3 is 19.0 Å². The molecule has 4 heteroatoms. The minimum Gasteiger partial charge on any atom is -0.483 e. The summed E-state index contributed by atoms with van der Waals surface area (Å²) in [5.74, 6) is 0.945. The molecule has 2 atom stereocenters. The van der Waals surface area contributed by atoms with Gasteiger partial charge in [-0.05, 0) is 111 Å². The van der Waals surface area contributed by atoms with E-state index in [1.807, 2.05) is 0 Å². The smallest absolute Gasteiger partial charge is 0.149 e. The minimum atomic E-state index is -0.111. The van der Waals surface area contributed by atoms with E-state index < -0.39 is 0 Å². The molecular formula is C58H62N2O2. The van der Waals surface area contributed by atoms with Gasteiger partial charge in [-0.25, -0.2) is 0 Å². The summed E-state index contributed by atoms with van der Waals surface area (Å²) < 4.78 is 14.2. The first-order valence-electron chi connectivity index (χ1n) is 22.3. The largest absolute Gasteiger partial charge is 0.483 e. The lowest BCUT2D eigenvalue weighted by Crippen LogP contribution is -2.16. The summed E-state index contributed by atoms with van der Waals surface area (Å²) in [6.07, 6.45) is 8.63. The molecule has 1 aliphatic heterocycles. The highest BCUT2D eigenvalue weighted by atomic mass is 16.5. The molecule has 0 fully saturated rings. The van der Waals surface area contributed by atoms with E-state index in [0.717, 1.165) is 61.8 Å². The fourth-order valence-corrected chi connectivity index (χ4v) is 9.08. The van der Waals surface area contributed by atoms with Crippen LogP contribution in [0.5, 0.6) is 5.75 Å². The van der Waals surface area contributed by atoms with Gasteiger partial charge in [0.2, 0.25) is 0 Å². The van der Waals surface area contributed by atoms with E-state index in [4.69, 9.17) is 9.15 Å². The van der Waals surface area contributed by atoms with Crippen LogP contribution in [0.3, 0.4) is 0 Å². The zero-order valence-corrected chi connectivity index (χ0v) is 38.7. The van der Waals surface area contributed by atoms with Crippen LogP contribution in [0.2, 0.25) is 0 Å². The van der Waals surface area contributed by atoms with E-state index >= 15 is 0 Å².